The summed E-state index contributed by atoms with van der Waals surface area (Å²) in [7, 11) is 2.16. The van der Waals surface area contributed by atoms with Gasteiger partial charge in [-0.1, -0.05) is 139 Å². The minimum atomic E-state index is 0.659. The Morgan fingerprint density at radius 2 is 0.703 bits per heavy atom. The first kappa shape index (κ1) is 22.6. The first-order valence-corrected chi connectivity index (χ1v) is 12.4. The first-order chi connectivity index (χ1) is 18.3. The lowest BCUT2D eigenvalue weighted by Crippen LogP contribution is -2.06. The van der Waals surface area contributed by atoms with Crippen LogP contribution in [0.2, 0.25) is 0 Å². The quantitative estimate of drug-likeness (QED) is 0.270. The van der Waals surface area contributed by atoms with Crippen molar-refractivity contribution < 1.29 is 0 Å². The lowest BCUT2D eigenvalue weighted by Gasteiger charge is -2.13. The van der Waals surface area contributed by atoms with Gasteiger partial charge in [-0.05, 0) is 22.3 Å². The highest BCUT2D eigenvalue weighted by Gasteiger charge is 2.13. The molecule has 0 fully saturated rings. The van der Waals surface area contributed by atoms with Crippen LogP contribution in [0, 0.1) is 0 Å². The number of nitrogens with zero attached hydrogens (tertiary/aromatic N) is 3. The Morgan fingerprint density at radius 3 is 1.22 bits per heavy atom. The molecule has 0 atom stereocenters. The average Bonchev–Trinajstić information content (AvgIpc) is 2.98. The highest BCUT2D eigenvalue weighted by Crippen LogP contribution is 2.32. The van der Waals surface area contributed by atoms with Crippen LogP contribution in [0.15, 0.2) is 133 Å². The zero-order chi connectivity index (χ0) is 25.0. The molecule has 0 saturated carbocycles. The van der Waals surface area contributed by atoms with Gasteiger partial charge in [0.05, 0.1) is 0 Å². The van der Waals surface area contributed by atoms with E-state index in [1.807, 2.05) is 60.7 Å². The minimum absolute atomic E-state index is 0.659. The van der Waals surface area contributed by atoms with E-state index in [1.54, 1.807) is 0 Å². The predicted molar refractivity (Wildman–Crippen MR) is 155 cm³/mol. The van der Waals surface area contributed by atoms with Gasteiger partial charge in [0.1, 0.15) is 7.85 Å². The minimum Gasteiger partial charge on any atom is -0.208 e. The average molecular weight is 473 g/mol. The van der Waals surface area contributed by atoms with Crippen LogP contribution < -0.4 is 5.46 Å². The van der Waals surface area contributed by atoms with Gasteiger partial charge >= 0.3 is 0 Å². The van der Waals surface area contributed by atoms with Gasteiger partial charge in [-0.25, -0.2) is 15.0 Å². The Labute approximate surface area is 218 Å². The Kier molecular flexibility index (Phi) is 6.14. The normalized spacial score (nSPS) is 10.8. The smallest absolute Gasteiger partial charge is 0.164 e. The summed E-state index contributed by atoms with van der Waals surface area (Å²) >= 11 is 0. The summed E-state index contributed by atoms with van der Waals surface area (Å²) in [4.78, 5) is 14.5. The Hall–Kier alpha value is -4.83. The summed E-state index contributed by atoms with van der Waals surface area (Å²) < 4.78 is 0. The van der Waals surface area contributed by atoms with Gasteiger partial charge in [-0.3, -0.25) is 0 Å². The summed E-state index contributed by atoms with van der Waals surface area (Å²) in [6, 6.07) is 45.7. The van der Waals surface area contributed by atoms with Gasteiger partial charge in [0.15, 0.2) is 17.5 Å². The maximum Gasteiger partial charge on any atom is 0.164 e. The molecule has 0 spiro atoms. The summed E-state index contributed by atoms with van der Waals surface area (Å²) in [6.07, 6.45) is 0. The molecule has 0 saturated heterocycles. The predicted octanol–water partition coefficient (Wildman–Crippen LogP) is 6.47. The second kappa shape index (κ2) is 10.0. The molecule has 0 unspecified atom stereocenters. The van der Waals surface area contributed by atoms with E-state index in [0.717, 1.165) is 22.3 Å². The fourth-order valence-corrected chi connectivity index (χ4v) is 4.58. The van der Waals surface area contributed by atoms with Gasteiger partial charge < -0.3 is 0 Å². The monoisotopic (exact) mass is 473 g/mol. The summed E-state index contributed by atoms with van der Waals surface area (Å²) in [5.41, 5.74) is 8.98. The third-order valence-electron chi connectivity index (χ3n) is 6.52. The highest BCUT2D eigenvalue weighted by atomic mass is 15.0. The number of hydrogen-bond acceptors (Lipinski definition) is 3. The maximum atomic E-state index is 4.86. The second-order valence-electron chi connectivity index (χ2n) is 8.98. The molecule has 6 rings (SSSR count). The molecular formula is C33H24BN3. The number of hydrogen-bond donors (Lipinski definition) is 0. The van der Waals surface area contributed by atoms with Crippen molar-refractivity contribution in [2.24, 2.45) is 0 Å². The van der Waals surface area contributed by atoms with E-state index in [1.165, 1.54) is 22.2 Å². The summed E-state index contributed by atoms with van der Waals surface area (Å²) in [5, 5.41) is 0. The zero-order valence-corrected chi connectivity index (χ0v) is 20.5. The van der Waals surface area contributed by atoms with Crippen molar-refractivity contribution in [3.05, 3.63) is 133 Å². The van der Waals surface area contributed by atoms with Gasteiger partial charge in [-0.15, -0.1) is 0 Å². The molecule has 6 aromatic rings. The lowest BCUT2D eigenvalue weighted by molar-refractivity contribution is 1.07. The van der Waals surface area contributed by atoms with E-state index in [-0.39, 0.29) is 0 Å². The van der Waals surface area contributed by atoms with Crippen molar-refractivity contribution in [3.63, 3.8) is 0 Å². The molecule has 0 aliphatic heterocycles. The van der Waals surface area contributed by atoms with Gasteiger partial charge in [-0.2, -0.15) is 0 Å². The van der Waals surface area contributed by atoms with Crippen LogP contribution >= 0.6 is 0 Å². The summed E-state index contributed by atoms with van der Waals surface area (Å²) in [5.74, 6) is 1.99. The van der Waals surface area contributed by atoms with E-state index in [2.05, 4.69) is 80.6 Å². The molecule has 0 aliphatic rings. The van der Waals surface area contributed by atoms with Crippen molar-refractivity contribution in [1.82, 2.24) is 15.0 Å². The van der Waals surface area contributed by atoms with Crippen LogP contribution in [-0.4, -0.2) is 22.8 Å². The van der Waals surface area contributed by atoms with Crippen LogP contribution in [-0.2, 0) is 0 Å². The van der Waals surface area contributed by atoms with Gasteiger partial charge in [0.25, 0.3) is 0 Å². The molecular weight excluding hydrogens is 449 g/mol. The number of rotatable bonds is 5. The van der Waals surface area contributed by atoms with Crippen LogP contribution in [0.4, 0.5) is 0 Å². The molecule has 3 nitrogen and oxygen atoms in total. The molecule has 0 N–H and O–H groups in total. The van der Waals surface area contributed by atoms with Crippen molar-refractivity contribution in [3.8, 4) is 56.4 Å². The first-order valence-electron chi connectivity index (χ1n) is 12.4. The molecule has 174 valence electrons. The van der Waals surface area contributed by atoms with Crippen molar-refractivity contribution in [1.29, 1.82) is 0 Å². The van der Waals surface area contributed by atoms with E-state index in [4.69, 9.17) is 15.0 Å². The number of aromatic nitrogens is 3. The van der Waals surface area contributed by atoms with E-state index < -0.39 is 0 Å². The molecule has 0 bridgehead atoms. The Balaban J connectivity index is 1.43. The van der Waals surface area contributed by atoms with Crippen LogP contribution in [0.3, 0.4) is 0 Å². The van der Waals surface area contributed by atoms with E-state index in [0.29, 0.717) is 17.5 Å². The molecule has 1 heterocycles. The zero-order valence-electron chi connectivity index (χ0n) is 20.5. The van der Waals surface area contributed by atoms with Crippen molar-refractivity contribution >= 4 is 13.3 Å². The van der Waals surface area contributed by atoms with Crippen molar-refractivity contribution in [2.45, 2.75) is 0 Å². The van der Waals surface area contributed by atoms with Gasteiger partial charge in [0.2, 0.25) is 0 Å². The SMILES string of the molecule is Bc1ccccc1-c1ccccc1-c1ccc(-c2nc(-c3ccccc3)nc(-c3ccccc3)n2)cc1. The second-order valence-corrected chi connectivity index (χ2v) is 8.98. The molecule has 4 heteroatoms. The molecule has 0 aliphatic carbocycles. The van der Waals surface area contributed by atoms with E-state index >= 15 is 0 Å². The molecule has 0 radical (unpaired) electrons. The molecule has 0 amide bonds. The Bertz CT molecular complexity index is 1610. The summed E-state index contributed by atoms with van der Waals surface area (Å²) in [6.45, 7) is 0. The number of benzene rings is 5. The van der Waals surface area contributed by atoms with Crippen LogP contribution in [0.25, 0.3) is 56.4 Å². The third kappa shape index (κ3) is 4.70. The third-order valence-corrected chi connectivity index (χ3v) is 6.52. The molecule has 37 heavy (non-hydrogen) atoms. The maximum absolute atomic E-state index is 4.86. The highest BCUT2D eigenvalue weighted by molar-refractivity contribution is 6.36. The van der Waals surface area contributed by atoms with Crippen LogP contribution in [0.5, 0.6) is 0 Å². The van der Waals surface area contributed by atoms with Gasteiger partial charge in [0, 0.05) is 16.7 Å². The lowest BCUT2D eigenvalue weighted by atomic mass is 9.84. The topological polar surface area (TPSA) is 38.7 Å². The fourth-order valence-electron chi connectivity index (χ4n) is 4.58. The standard InChI is InChI=1S/C33H24BN3/c34-30-18-10-9-17-29(30)28-16-8-7-15-27(28)23-19-21-26(22-20-23)33-36-31(24-11-3-1-4-12-24)35-32(37-33)25-13-5-2-6-14-25/h1-22H,34H2. The largest absolute Gasteiger partial charge is 0.208 e. The Morgan fingerprint density at radius 1 is 0.324 bits per heavy atom. The van der Waals surface area contributed by atoms with E-state index in [9.17, 15) is 0 Å². The van der Waals surface area contributed by atoms with Crippen molar-refractivity contribution in [2.75, 3.05) is 0 Å². The van der Waals surface area contributed by atoms with Crippen LogP contribution in [0.1, 0.15) is 0 Å². The molecule has 1 aromatic heterocycles. The fraction of sp³-hybridized carbons (Fsp3) is 0. The molecule has 5 aromatic carbocycles.